The fraction of sp³-hybridized carbons (Fsp3) is 0.0938. The molecule has 0 aliphatic rings. The summed E-state index contributed by atoms with van der Waals surface area (Å²) in [6.07, 6.45) is 1.54. The molecule has 0 saturated carbocycles. The average molecular weight is 570 g/mol. The van der Waals surface area contributed by atoms with E-state index in [4.69, 9.17) is 11.6 Å². The lowest BCUT2D eigenvalue weighted by Crippen LogP contribution is -2.30. The number of aryl methyl sites for hydroxylation is 1. The highest BCUT2D eigenvalue weighted by molar-refractivity contribution is 8.00. The van der Waals surface area contributed by atoms with Gasteiger partial charge in [0.05, 0.1) is 5.25 Å². The van der Waals surface area contributed by atoms with Gasteiger partial charge in [-0.15, -0.1) is 11.8 Å². The van der Waals surface area contributed by atoms with Gasteiger partial charge in [0.25, 0.3) is 11.8 Å². The van der Waals surface area contributed by atoms with Crippen LogP contribution in [0, 0.1) is 6.92 Å². The van der Waals surface area contributed by atoms with Crippen molar-refractivity contribution in [2.75, 3.05) is 10.6 Å². The van der Waals surface area contributed by atoms with Gasteiger partial charge in [0, 0.05) is 26.9 Å². The third-order valence-electron chi connectivity index (χ3n) is 5.81. The lowest BCUT2D eigenvalue weighted by molar-refractivity contribution is -0.115. The summed E-state index contributed by atoms with van der Waals surface area (Å²) in [4.78, 5) is 39.6. The Bertz CT molecular complexity index is 1540. The maximum atomic E-state index is 13.2. The van der Waals surface area contributed by atoms with Gasteiger partial charge < -0.3 is 16.0 Å². The Morgan fingerprint density at radius 3 is 2.20 bits per heavy atom. The summed E-state index contributed by atoms with van der Waals surface area (Å²) < 4.78 is 0. The van der Waals surface area contributed by atoms with E-state index in [1.54, 1.807) is 60.7 Å². The second-order valence-corrected chi connectivity index (χ2v) is 10.8. The zero-order valence-corrected chi connectivity index (χ0v) is 23.6. The van der Waals surface area contributed by atoms with Gasteiger partial charge in [0.15, 0.2) is 0 Å². The number of carbonyl (C=O) groups is 3. The van der Waals surface area contributed by atoms with E-state index in [2.05, 4.69) is 16.0 Å². The van der Waals surface area contributed by atoms with Crippen molar-refractivity contribution in [3.05, 3.63) is 131 Å². The maximum absolute atomic E-state index is 13.2. The van der Waals surface area contributed by atoms with Crippen molar-refractivity contribution in [2.45, 2.75) is 24.0 Å². The van der Waals surface area contributed by atoms with E-state index in [0.29, 0.717) is 21.8 Å². The van der Waals surface area contributed by atoms with Gasteiger partial charge in [-0.05, 0) is 85.6 Å². The van der Waals surface area contributed by atoms with Crippen molar-refractivity contribution in [3.8, 4) is 0 Å². The number of amides is 3. The molecule has 0 saturated heterocycles. The van der Waals surface area contributed by atoms with Crippen LogP contribution in [-0.4, -0.2) is 23.0 Å². The van der Waals surface area contributed by atoms with Crippen LogP contribution < -0.4 is 16.0 Å². The molecule has 3 amide bonds. The number of rotatable bonds is 9. The van der Waals surface area contributed by atoms with E-state index >= 15 is 0 Å². The standard InChI is InChI=1S/C32H28ClN3O3S/c1-21-9-8-13-26(19-21)35-30(37)22(2)40-27-17-15-25(16-18-27)34-32(39)29(20-24-12-6-7-14-28(24)33)36-31(38)23-10-4-3-5-11-23/h3-20,22H,1-2H3,(H,34,39)(H,35,37)(H,36,38)/b29-20-. The molecule has 1 unspecified atom stereocenters. The van der Waals surface area contributed by atoms with Crippen LogP contribution in [0.4, 0.5) is 11.4 Å². The van der Waals surface area contributed by atoms with Gasteiger partial charge in [-0.3, -0.25) is 14.4 Å². The highest BCUT2D eigenvalue weighted by atomic mass is 35.5. The van der Waals surface area contributed by atoms with Crippen LogP contribution in [0.25, 0.3) is 6.08 Å². The highest BCUT2D eigenvalue weighted by Crippen LogP contribution is 2.26. The molecule has 0 spiro atoms. The Labute approximate surface area is 242 Å². The molecule has 4 aromatic carbocycles. The molecule has 1 atom stereocenters. The minimum Gasteiger partial charge on any atom is -0.325 e. The first-order valence-electron chi connectivity index (χ1n) is 12.6. The summed E-state index contributed by atoms with van der Waals surface area (Å²) in [7, 11) is 0. The monoisotopic (exact) mass is 569 g/mol. The molecular formula is C32H28ClN3O3S. The van der Waals surface area contributed by atoms with Crippen molar-refractivity contribution < 1.29 is 14.4 Å². The van der Waals surface area contributed by atoms with E-state index in [-0.39, 0.29) is 16.9 Å². The molecule has 0 aliphatic heterocycles. The topological polar surface area (TPSA) is 87.3 Å². The molecule has 0 heterocycles. The second-order valence-electron chi connectivity index (χ2n) is 9.00. The SMILES string of the molecule is Cc1cccc(NC(=O)C(C)Sc2ccc(NC(=O)/C(=C/c3ccccc3Cl)NC(=O)c3ccccc3)cc2)c1. The average Bonchev–Trinajstić information content (AvgIpc) is 2.95. The number of nitrogens with one attached hydrogen (secondary N) is 3. The van der Waals surface area contributed by atoms with E-state index in [1.807, 2.05) is 56.3 Å². The van der Waals surface area contributed by atoms with E-state index in [9.17, 15) is 14.4 Å². The number of anilines is 2. The van der Waals surface area contributed by atoms with E-state index in [0.717, 1.165) is 16.1 Å². The number of carbonyl (C=O) groups excluding carboxylic acids is 3. The first-order valence-corrected chi connectivity index (χ1v) is 13.8. The Morgan fingerprint density at radius 2 is 1.50 bits per heavy atom. The molecule has 0 radical (unpaired) electrons. The molecular weight excluding hydrogens is 542 g/mol. The minimum atomic E-state index is -0.504. The first-order chi connectivity index (χ1) is 19.3. The smallest absolute Gasteiger partial charge is 0.272 e. The zero-order valence-electron chi connectivity index (χ0n) is 22.0. The number of hydrogen-bond donors (Lipinski definition) is 3. The van der Waals surface area contributed by atoms with Crippen LogP contribution in [0.2, 0.25) is 5.02 Å². The molecule has 40 heavy (non-hydrogen) atoms. The predicted molar refractivity (Wildman–Crippen MR) is 164 cm³/mol. The highest BCUT2D eigenvalue weighted by Gasteiger charge is 2.17. The molecule has 0 bridgehead atoms. The van der Waals surface area contributed by atoms with Crippen LogP contribution in [-0.2, 0) is 9.59 Å². The molecule has 6 nitrogen and oxygen atoms in total. The van der Waals surface area contributed by atoms with Crippen molar-refractivity contribution >= 4 is 58.5 Å². The van der Waals surface area contributed by atoms with Crippen LogP contribution in [0.1, 0.15) is 28.4 Å². The van der Waals surface area contributed by atoms with Gasteiger partial charge >= 0.3 is 0 Å². The van der Waals surface area contributed by atoms with E-state index in [1.165, 1.54) is 17.8 Å². The molecule has 4 rings (SSSR count). The molecule has 202 valence electrons. The Morgan fingerprint density at radius 1 is 0.800 bits per heavy atom. The van der Waals surface area contributed by atoms with Gasteiger partial charge in [-0.2, -0.15) is 0 Å². The van der Waals surface area contributed by atoms with E-state index < -0.39 is 11.8 Å². The minimum absolute atomic E-state index is 0.0434. The van der Waals surface area contributed by atoms with Gasteiger partial charge in [-0.1, -0.05) is 60.1 Å². The molecule has 0 aromatic heterocycles. The fourth-order valence-corrected chi connectivity index (χ4v) is 4.79. The summed E-state index contributed by atoms with van der Waals surface area (Å²) >= 11 is 7.71. The van der Waals surface area contributed by atoms with Gasteiger partial charge in [0.2, 0.25) is 5.91 Å². The fourth-order valence-electron chi connectivity index (χ4n) is 3.73. The van der Waals surface area contributed by atoms with Crippen LogP contribution in [0.15, 0.2) is 114 Å². The summed E-state index contributed by atoms with van der Waals surface area (Å²) in [5, 5.41) is 8.58. The van der Waals surface area contributed by atoms with Crippen LogP contribution >= 0.6 is 23.4 Å². The molecule has 0 aliphatic carbocycles. The Hall–Kier alpha value is -4.33. The van der Waals surface area contributed by atoms with Crippen LogP contribution in [0.3, 0.4) is 0 Å². The lowest BCUT2D eigenvalue weighted by Gasteiger charge is -2.14. The zero-order chi connectivity index (χ0) is 28.5. The predicted octanol–water partition coefficient (Wildman–Crippen LogP) is 7.18. The number of halogens is 1. The molecule has 0 fully saturated rings. The molecule has 4 aromatic rings. The maximum Gasteiger partial charge on any atom is 0.272 e. The summed E-state index contributed by atoms with van der Waals surface area (Å²) in [6.45, 7) is 3.81. The first kappa shape index (κ1) is 28.7. The lowest BCUT2D eigenvalue weighted by atomic mass is 10.1. The summed E-state index contributed by atoms with van der Waals surface area (Å²) in [5.41, 5.74) is 3.41. The number of benzene rings is 4. The summed E-state index contributed by atoms with van der Waals surface area (Å²) in [5.74, 6) is -1.02. The van der Waals surface area contributed by atoms with Crippen molar-refractivity contribution in [2.24, 2.45) is 0 Å². The van der Waals surface area contributed by atoms with Gasteiger partial charge in [-0.25, -0.2) is 0 Å². The normalized spacial score (nSPS) is 11.8. The van der Waals surface area contributed by atoms with Crippen LogP contribution in [0.5, 0.6) is 0 Å². The van der Waals surface area contributed by atoms with Crippen molar-refractivity contribution in [3.63, 3.8) is 0 Å². The molecule has 8 heteroatoms. The largest absolute Gasteiger partial charge is 0.325 e. The third kappa shape index (κ3) is 8.09. The Balaban J connectivity index is 1.44. The molecule has 3 N–H and O–H groups in total. The van der Waals surface area contributed by atoms with Crippen molar-refractivity contribution in [1.82, 2.24) is 5.32 Å². The Kier molecular flexibility index (Phi) is 9.78. The quantitative estimate of drug-likeness (QED) is 0.147. The number of thioether (sulfide) groups is 1. The van der Waals surface area contributed by atoms with Gasteiger partial charge in [0.1, 0.15) is 5.70 Å². The number of hydrogen-bond acceptors (Lipinski definition) is 4. The summed E-state index contributed by atoms with van der Waals surface area (Å²) in [6, 6.07) is 30.5. The van der Waals surface area contributed by atoms with Crippen molar-refractivity contribution in [1.29, 1.82) is 0 Å². The second kappa shape index (κ2) is 13.6. The third-order valence-corrected chi connectivity index (χ3v) is 7.27.